The van der Waals surface area contributed by atoms with E-state index in [9.17, 15) is 4.79 Å². The summed E-state index contributed by atoms with van der Waals surface area (Å²) in [4.78, 5) is 12.3. The van der Waals surface area contributed by atoms with Crippen molar-refractivity contribution in [3.63, 3.8) is 0 Å². The Bertz CT molecular complexity index is 690. The van der Waals surface area contributed by atoms with Crippen molar-refractivity contribution in [3.05, 3.63) is 53.6 Å². The lowest BCUT2D eigenvalue weighted by Crippen LogP contribution is -2.28. The van der Waals surface area contributed by atoms with Crippen molar-refractivity contribution < 1.29 is 19.0 Å². The van der Waals surface area contributed by atoms with Gasteiger partial charge in [-0.2, -0.15) is 0 Å². The summed E-state index contributed by atoms with van der Waals surface area (Å²) in [5, 5.41) is 2.85. The summed E-state index contributed by atoms with van der Waals surface area (Å²) < 4.78 is 16.2. The van der Waals surface area contributed by atoms with Crippen LogP contribution in [0.4, 0.5) is 0 Å². The van der Waals surface area contributed by atoms with Gasteiger partial charge in [0.15, 0.2) is 0 Å². The zero-order valence-corrected chi connectivity index (χ0v) is 15.2. The Morgan fingerprint density at radius 2 is 1.68 bits per heavy atom. The number of hydrogen-bond donors (Lipinski definition) is 1. The molecule has 1 amide bonds. The average molecular weight is 343 g/mol. The van der Waals surface area contributed by atoms with Gasteiger partial charge in [-0.1, -0.05) is 32.0 Å². The van der Waals surface area contributed by atoms with Crippen LogP contribution in [0.3, 0.4) is 0 Å². The van der Waals surface area contributed by atoms with Gasteiger partial charge in [0, 0.05) is 11.6 Å². The maximum absolute atomic E-state index is 12.3. The number of carbonyl (C=O) groups excluding carboxylic acids is 1. The molecule has 0 fully saturated rings. The molecule has 5 nitrogen and oxygen atoms in total. The first-order valence-corrected chi connectivity index (χ1v) is 8.28. The molecule has 25 heavy (non-hydrogen) atoms. The molecule has 2 aromatic carbocycles. The molecule has 0 atom stereocenters. The molecule has 0 unspecified atom stereocenters. The van der Waals surface area contributed by atoms with E-state index < -0.39 is 0 Å². The average Bonchev–Trinajstić information content (AvgIpc) is 2.64. The summed E-state index contributed by atoms with van der Waals surface area (Å²) in [6.07, 6.45) is 0. The van der Waals surface area contributed by atoms with Gasteiger partial charge in [-0.05, 0) is 29.7 Å². The van der Waals surface area contributed by atoms with Crippen LogP contribution in [0, 0.1) is 0 Å². The second kappa shape index (κ2) is 8.97. The Labute approximate surface area is 148 Å². The van der Waals surface area contributed by atoms with Crippen molar-refractivity contribution in [2.24, 2.45) is 0 Å². The molecule has 0 bridgehead atoms. The normalized spacial score (nSPS) is 10.4. The molecule has 0 saturated heterocycles. The van der Waals surface area contributed by atoms with Gasteiger partial charge in [-0.25, -0.2) is 0 Å². The minimum Gasteiger partial charge on any atom is -0.497 e. The highest BCUT2D eigenvalue weighted by Crippen LogP contribution is 2.25. The molecule has 0 aliphatic rings. The van der Waals surface area contributed by atoms with Gasteiger partial charge >= 0.3 is 0 Å². The molecular formula is C20H25NO4. The molecule has 1 N–H and O–H groups in total. The maximum atomic E-state index is 12.3. The number of benzene rings is 2. The van der Waals surface area contributed by atoms with Crippen molar-refractivity contribution in [1.82, 2.24) is 5.32 Å². The Balaban J connectivity index is 1.91. The van der Waals surface area contributed by atoms with E-state index in [1.54, 1.807) is 32.4 Å². The Hall–Kier alpha value is -2.69. The van der Waals surface area contributed by atoms with Gasteiger partial charge in [-0.3, -0.25) is 4.79 Å². The third-order valence-corrected chi connectivity index (χ3v) is 3.80. The van der Waals surface area contributed by atoms with Crippen molar-refractivity contribution in [3.8, 4) is 17.2 Å². The minimum atomic E-state index is -0.196. The summed E-state index contributed by atoms with van der Waals surface area (Å²) in [6.45, 7) is 5.06. The van der Waals surface area contributed by atoms with E-state index in [4.69, 9.17) is 14.2 Å². The number of ether oxygens (including phenoxy) is 3. The smallest absolute Gasteiger partial charge is 0.251 e. The third kappa shape index (κ3) is 5.14. The largest absolute Gasteiger partial charge is 0.497 e. The molecule has 0 aromatic heterocycles. The fraction of sp³-hybridized carbons (Fsp3) is 0.350. The lowest BCUT2D eigenvalue weighted by molar-refractivity contribution is 0.0946. The standard InChI is InChI=1S/C20H25NO4/c1-14(2)18-7-5-6-8-19(18)25-10-9-21-20(22)15-11-16(23-3)13-17(12-15)24-4/h5-8,11-14H,9-10H2,1-4H3,(H,21,22). The van der Waals surface area contributed by atoms with Crippen molar-refractivity contribution >= 4 is 5.91 Å². The van der Waals surface area contributed by atoms with Gasteiger partial charge in [0.2, 0.25) is 0 Å². The van der Waals surface area contributed by atoms with Crippen LogP contribution in [0.15, 0.2) is 42.5 Å². The first-order valence-electron chi connectivity index (χ1n) is 8.28. The fourth-order valence-corrected chi connectivity index (χ4v) is 2.46. The summed E-state index contributed by atoms with van der Waals surface area (Å²) in [6, 6.07) is 13.0. The highest BCUT2D eigenvalue weighted by atomic mass is 16.5. The molecular weight excluding hydrogens is 318 g/mol. The van der Waals surface area contributed by atoms with Gasteiger partial charge in [0.05, 0.1) is 20.8 Å². The highest BCUT2D eigenvalue weighted by Gasteiger charge is 2.10. The molecule has 2 rings (SSSR count). The van der Waals surface area contributed by atoms with Gasteiger partial charge in [-0.15, -0.1) is 0 Å². The Morgan fingerprint density at radius 1 is 1.04 bits per heavy atom. The number of amides is 1. The number of methoxy groups -OCH3 is 2. The van der Waals surface area contributed by atoms with Crippen molar-refractivity contribution in [2.75, 3.05) is 27.4 Å². The predicted octanol–water partition coefficient (Wildman–Crippen LogP) is 3.64. The predicted molar refractivity (Wildman–Crippen MR) is 97.9 cm³/mol. The molecule has 0 heterocycles. The van der Waals surface area contributed by atoms with E-state index in [0.29, 0.717) is 36.1 Å². The van der Waals surface area contributed by atoms with Gasteiger partial charge in [0.25, 0.3) is 5.91 Å². The lowest BCUT2D eigenvalue weighted by atomic mass is 10.0. The summed E-state index contributed by atoms with van der Waals surface area (Å²) in [7, 11) is 3.10. The van der Waals surface area contributed by atoms with Crippen LogP contribution in [0.25, 0.3) is 0 Å². The highest BCUT2D eigenvalue weighted by molar-refractivity contribution is 5.95. The van der Waals surface area contributed by atoms with Crippen LogP contribution >= 0.6 is 0 Å². The van der Waals surface area contributed by atoms with Crippen LogP contribution in [-0.4, -0.2) is 33.3 Å². The van der Waals surface area contributed by atoms with E-state index in [1.165, 1.54) is 0 Å². The fourth-order valence-electron chi connectivity index (χ4n) is 2.46. The summed E-state index contributed by atoms with van der Waals surface area (Å²) in [5.41, 5.74) is 1.64. The monoisotopic (exact) mass is 343 g/mol. The van der Waals surface area contributed by atoms with Gasteiger partial charge in [0.1, 0.15) is 23.9 Å². The van der Waals surface area contributed by atoms with E-state index in [2.05, 4.69) is 25.2 Å². The molecule has 0 spiro atoms. The topological polar surface area (TPSA) is 56.8 Å². The number of carbonyl (C=O) groups is 1. The molecule has 0 aliphatic carbocycles. The minimum absolute atomic E-state index is 0.196. The SMILES string of the molecule is COc1cc(OC)cc(C(=O)NCCOc2ccccc2C(C)C)c1. The second-order valence-electron chi connectivity index (χ2n) is 5.90. The van der Waals surface area contributed by atoms with E-state index in [0.717, 1.165) is 11.3 Å². The molecule has 2 aromatic rings. The Kier molecular flexibility index (Phi) is 6.69. The van der Waals surface area contributed by atoms with Crippen LogP contribution in [-0.2, 0) is 0 Å². The van der Waals surface area contributed by atoms with E-state index in [-0.39, 0.29) is 5.91 Å². The van der Waals surface area contributed by atoms with Crippen LogP contribution in [0.1, 0.15) is 35.7 Å². The van der Waals surface area contributed by atoms with Crippen LogP contribution in [0.5, 0.6) is 17.2 Å². The zero-order chi connectivity index (χ0) is 18.2. The Morgan fingerprint density at radius 3 is 2.28 bits per heavy atom. The summed E-state index contributed by atoms with van der Waals surface area (Å²) in [5.74, 6) is 2.20. The van der Waals surface area contributed by atoms with E-state index in [1.807, 2.05) is 18.2 Å². The maximum Gasteiger partial charge on any atom is 0.251 e. The molecule has 5 heteroatoms. The van der Waals surface area contributed by atoms with Crippen LogP contribution < -0.4 is 19.5 Å². The lowest BCUT2D eigenvalue weighted by Gasteiger charge is -2.14. The second-order valence-corrected chi connectivity index (χ2v) is 5.90. The number of hydrogen-bond acceptors (Lipinski definition) is 4. The molecule has 0 aliphatic heterocycles. The number of nitrogens with one attached hydrogen (secondary N) is 1. The molecule has 134 valence electrons. The first kappa shape index (κ1) is 18.6. The number of para-hydroxylation sites is 1. The molecule has 0 saturated carbocycles. The third-order valence-electron chi connectivity index (χ3n) is 3.80. The van der Waals surface area contributed by atoms with E-state index >= 15 is 0 Å². The first-order chi connectivity index (χ1) is 12.0. The van der Waals surface area contributed by atoms with Crippen molar-refractivity contribution in [2.45, 2.75) is 19.8 Å². The van der Waals surface area contributed by atoms with Crippen molar-refractivity contribution in [1.29, 1.82) is 0 Å². The number of rotatable bonds is 8. The van der Waals surface area contributed by atoms with Gasteiger partial charge < -0.3 is 19.5 Å². The summed E-state index contributed by atoms with van der Waals surface area (Å²) >= 11 is 0. The molecule has 0 radical (unpaired) electrons. The quantitative estimate of drug-likeness (QED) is 0.744. The zero-order valence-electron chi connectivity index (χ0n) is 15.2. The van der Waals surface area contributed by atoms with Crippen LogP contribution in [0.2, 0.25) is 0 Å².